The summed E-state index contributed by atoms with van der Waals surface area (Å²) in [4.78, 5) is 30.0. The molecule has 172 valence electrons. The first-order valence-corrected chi connectivity index (χ1v) is 11.2. The van der Waals surface area contributed by atoms with Gasteiger partial charge in [-0.1, -0.05) is 48.5 Å². The summed E-state index contributed by atoms with van der Waals surface area (Å²) < 4.78 is 7.20. The second-order valence-corrected chi connectivity index (χ2v) is 9.26. The van der Waals surface area contributed by atoms with E-state index in [0.717, 1.165) is 22.5 Å². The van der Waals surface area contributed by atoms with Gasteiger partial charge in [-0.3, -0.25) is 9.48 Å². The third-order valence-corrected chi connectivity index (χ3v) is 5.55. The predicted molar refractivity (Wildman–Crippen MR) is 127 cm³/mol. The number of hydrogen-bond acceptors (Lipinski definition) is 4. The number of aryl methyl sites for hydroxylation is 1. The van der Waals surface area contributed by atoms with E-state index in [1.807, 2.05) is 81.4 Å². The van der Waals surface area contributed by atoms with Gasteiger partial charge in [-0.05, 0) is 38.5 Å². The molecule has 0 N–H and O–H groups in total. The van der Waals surface area contributed by atoms with Crippen molar-refractivity contribution in [2.45, 2.75) is 45.9 Å². The molecular weight excluding hydrogens is 416 g/mol. The molecule has 0 saturated carbocycles. The number of rotatable bonds is 4. The molecule has 2 aromatic carbocycles. The Bertz CT molecular complexity index is 1130. The number of carbonyl (C=O) groups excluding carboxylic acids is 2. The van der Waals surface area contributed by atoms with Crippen molar-refractivity contribution in [2.24, 2.45) is 7.05 Å². The first-order valence-electron chi connectivity index (χ1n) is 11.2. The molecule has 1 aliphatic heterocycles. The Balaban J connectivity index is 1.67. The maximum Gasteiger partial charge on any atom is 0.410 e. The number of hydrogen-bond donors (Lipinski definition) is 0. The molecule has 0 atom stereocenters. The largest absolute Gasteiger partial charge is 0.444 e. The molecule has 2 amide bonds. The number of amides is 2. The Labute approximate surface area is 194 Å². The van der Waals surface area contributed by atoms with Crippen molar-refractivity contribution < 1.29 is 14.3 Å². The number of carbonyl (C=O) groups is 2. The van der Waals surface area contributed by atoms with Gasteiger partial charge in [-0.25, -0.2) is 4.79 Å². The molecule has 0 fully saturated rings. The van der Waals surface area contributed by atoms with Gasteiger partial charge in [0.15, 0.2) is 0 Å². The van der Waals surface area contributed by atoms with E-state index in [2.05, 4.69) is 5.10 Å². The van der Waals surface area contributed by atoms with Crippen LogP contribution in [0.5, 0.6) is 0 Å². The van der Waals surface area contributed by atoms with Gasteiger partial charge in [0, 0.05) is 31.3 Å². The zero-order valence-electron chi connectivity index (χ0n) is 19.6. The van der Waals surface area contributed by atoms with E-state index in [0.29, 0.717) is 31.7 Å². The molecule has 0 bridgehead atoms. The smallest absolute Gasteiger partial charge is 0.410 e. The SMILES string of the molecule is Cn1nc2c(c1C(=O)N(Cc1ccccc1)c1ccccc1)CN(C(=O)OC(C)(C)C)CC2. The standard InChI is InChI=1S/C26H30N4O3/c1-26(2,3)33-25(32)29-16-15-22-21(18-29)23(28(4)27-22)24(31)30(20-13-9-6-10-14-20)17-19-11-7-5-8-12-19/h5-14H,15-18H2,1-4H3. The Morgan fingerprint density at radius 1 is 1.03 bits per heavy atom. The highest BCUT2D eigenvalue weighted by Crippen LogP contribution is 2.27. The van der Waals surface area contributed by atoms with Crippen molar-refractivity contribution in [3.63, 3.8) is 0 Å². The van der Waals surface area contributed by atoms with Crippen LogP contribution in [0.1, 0.15) is 48.1 Å². The van der Waals surface area contributed by atoms with E-state index in [-0.39, 0.29) is 12.0 Å². The Morgan fingerprint density at radius 2 is 1.67 bits per heavy atom. The molecule has 1 aromatic heterocycles. The zero-order valence-corrected chi connectivity index (χ0v) is 19.6. The number of nitrogens with zero attached hydrogens (tertiary/aromatic N) is 4. The van der Waals surface area contributed by atoms with Crippen LogP contribution in [0.4, 0.5) is 10.5 Å². The van der Waals surface area contributed by atoms with E-state index in [1.165, 1.54) is 0 Å². The molecule has 0 unspecified atom stereocenters. The third-order valence-electron chi connectivity index (χ3n) is 5.55. The fraction of sp³-hybridized carbons (Fsp3) is 0.346. The van der Waals surface area contributed by atoms with Crippen LogP contribution in [-0.2, 0) is 31.3 Å². The molecule has 4 rings (SSSR count). The molecule has 7 heteroatoms. The number of para-hydroxylation sites is 1. The van der Waals surface area contributed by atoms with Crippen molar-refractivity contribution in [3.8, 4) is 0 Å². The van der Waals surface area contributed by atoms with Crippen LogP contribution in [0.25, 0.3) is 0 Å². The second-order valence-electron chi connectivity index (χ2n) is 9.26. The summed E-state index contributed by atoms with van der Waals surface area (Å²) in [6, 6.07) is 19.5. The van der Waals surface area contributed by atoms with Crippen LogP contribution < -0.4 is 4.90 Å². The highest BCUT2D eigenvalue weighted by molar-refractivity contribution is 6.06. The van der Waals surface area contributed by atoms with Gasteiger partial charge < -0.3 is 14.5 Å². The minimum Gasteiger partial charge on any atom is -0.444 e. The van der Waals surface area contributed by atoms with Crippen LogP contribution >= 0.6 is 0 Å². The fourth-order valence-corrected chi connectivity index (χ4v) is 4.03. The topological polar surface area (TPSA) is 67.7 Å². The normalized spacial score (nSPS) is 13.4. The van der Waals surface area contributed by atoms with Gasteiger partial charge in [0.25, 0.3) is 5.91 Å². The maximum absolute atomic E-state index is 13.9. The second kappa shape index (κ2) is 9.10. The van der Waals surface area contributed by atoms with E-state index in [1.54, 1.807) is 21.5 Å². The van der Waals surface area contributed by atoms with E-state index >= 15 is 0 Å². The number of aromatic nitrogens is 2. The predicted octanol–water partition coefficient (Wildman–Crippen LogP) is 4.56. The molecule has 0 saturated heterocycles. The molecule has 0 spiro atoms. The highest BCUT2D eigenvalue weighted by atomic mass is 16.6. The van der Waals surface area contributed by atoms with Crippen LogP contribution in [0.3, 0.4) is 0 Å². The van der Waals surface area contributed by atoms with Crippen molar-refractivity contribution in [3.05, 3.63) is 83.2 Å². The average molecular weight is 447 g/mol. The van der Waals surface area contributed by atoms with E-state index < -0.39 is 5.60 Å². The summed E-state index contributed by atoms with van der Waals surface area (Å²) in [5.41, 5.74) is 3.40. The number of fused-ring (bicyclic) bond motifs is 1. The van der Waals surface area contributed by atoms with E-state index in [4.69, 9.17) is 4.74 Å². The van der Waals surface area contributed by atoms with Gasteiger partial charge in [0.2, 0.25) is 0 Å². The molecule has 0 radical (unpaired) electrons. The monoisotopic (exact) mass is 446 g/mol. The molecule has 0 aliphatic carbocycles. The van der Waals surface area contributed by atoms with Crippen LogP contribution in [-0.4, -0.2) is 38.8 Å². The molecule has 7 nitrogen and oxygen atoms in total. The van der Waals surface area contributed by atoms with Gasteiger partial charge >= 0.3 is 6.09 Å². The highest BCUT2D eigenvalue weighted by Gasteiger charge is 2.33. The minimum absolute atomic E-state index is 0.146. The van der Waals surface area contributed by atoms with Crippen molar-refractivity contribution in [2.75, 3.05) is 11.4 Å². The lowest BCUT2D eigenvalue weighted by molar-refractivity contribution is 0.0222. The summed E-state index contributed by atoms with van der Waals surface area (Å²) in [6.07, 6.45) is 0.208. The molecule has 3 aromatic rings. The maximum atomic E-state index is 13.9. The summed E-state index contributed by atoms with van der Waals surface area (Å²) in [7, 11) is 1.79. The van der Waals surface area contributed by atoms with Crippen LogP contribution in [0.2, 0.25) is 0 Å². The molecule has 1 aliphatic rings. The summed E-state index contributed by atoms with van der Waals surface area (Å²) in [6.45, 7) is 6.79. The lowest BCUT2D eigenvalue weighted by Gasteiger charge is -2.30. The quantitative estimate of drug-likeness (QED) is 0.589. The first kappa shape index (κ1) is 22.6. The van der Waals surface area contributed by atoms with Crippen molar-refractivity contribution in [1.29, 1.82) is 0 Å². The van der Waals surface area contributed by atoms with Crippen LogP contribution in [0.15, 0.2) is 60.7 Å². The van der Waals surface area contributed by atoms with Gasteiger partial charge in [-0.15, -0.1) is 0 Å². The summed E-state index contributed by atoms with van der Waals surface area (Å²) in [5, 5.41) is 4.61. The van der Waals surface area contributed by atoms with Crippen molar-refractivity contribution >= 4 is 17.7 Å². The lowest BCUT2D eigenvalue weighted by Crippen LogP contribution is -2.40. The average Bonchev–Trinajstić information content (AvgIpc) is 3.12. The summed E-state index contributed by atoms with van der Waals surface area (Å²) >= 11 is 0. The zero-order chi connectivity index (χ0) is 23.6. The molecule has 2 heterocycles. The fourth-order valence-electron chi connectivity index (χ4n) is 4.03. The minimum atomic E-state index is -0.579. The summed E-state index contributed by atoms with van der Waals surface area (Å²) in [5.74, 6) is -0.146. The first-order chi connectivity index (χ1) is 15.7. The molecule has 33 heavy (non-hydrogen) atoms. The van der Waals surface area contributed by atoms with Gasteiger partial charge in [0.05, 0.1) is 18.8 Å². The van der Waals surface area contributed by atoms with Crippen molar-refractivity contribution in [1.82, 2.24) is 14.7 Å². The number of ether oxygens (including phenoxy) is 1. The Morgan fingerprint density at radius 3 is 2.30 bits per heavy atom. The van der Waals surface area contributed by atoms with Gasteiger partial charge in [0.1, 0.15) is 11.3 Å². The number of anilines is 1. The number of benzene rings is 2. The lowest BCUT2D eigenvalue weighted by atomic mass is 10.0. The van der Waals surface area contributed by atoms with Crippen LogP contribution in [0, 0.1) is 0 Å². The Kier molecular flexibility index (Phi) is 6.22. The molecular formula is C26H30N4O3. The van der Waals surface area contributed by atoms with Gasteiger partial charge in [-0.2, -0.15) is 5.10 Å². The Hall–Kier alpha value is -3.61. The van der Waals surface area contributed by atoms with E-state index in [9.17, 15) is 9.59 Å². The third kappa shape index (κ3) is 5.08.